The Morgan fingerprint density at radius 1 is 1.21 bits per heavy atom. The zero-order valence-electron chi connectivity index (χ0n) is 19.2. The Labute approximate surface area is 195 Å². The van der Waals surface area contributed by atoms with E-state index in [1.54, 1.807) is 0 Å². The summed E-state index contributed by atoms with van der Waals surface area (Å²) in [6, 6.07) is 5.45. The van der Waals surface area contributed by atoms with Crippen molar-refractivity contribution >= 4 is 29.4 Å². The van der Waals surface area contributed by atoms with Gasteiger partial charge in [-0.05, 0) is 56.2 Å². The molecule has 2 aliphatic rings. The van der Waals surface area contributed by atoms with E-state index in [-0.39, 0.29) is 18.8 Å². The minimum Gasteiger partial charge on any atom is -0.331 e. The van der Waals surface area contributed by atoms with Crippen LogP contribution in [0.15, 0.2) is 24.3 Å². The SMILES string of the molecule is CCC1CCC2(CC1)NC(=O)N(CC(=O)Nc1cccc(CN(CC)C(=O)C(F)(F)F)c1)C2=O. The van der Waals surface area contributed by atoms with E-state index < -0.39 is 42.0 Å². The lowest BCUT2D eigenvalue weighted by molar-refractivity contribution is -0.185. The standard InChI is InChI=1S/C23H29F3N4O4/c1-3-15-8-10-22(11-9-15)19(32)30(21(34)28-22)14-18(31)27-17-7-5-6-16(12-17)13-29(4-2)20(33)23(24,25)26/h5-7,12,15H,3-4,8-11,13-14H2,1-2H3,(H,27,31)(H,28,34). The molecule has 34 heavy (non-hydrogen) atoms. The predicted molar refractivity (Wildman–Crippen MR) is 117 cm³/mol. The molecule has 1 aromatic carbocycles. The molecular formula is C23H29F3N4O4. The molecule has 5 amide bonds. The number of urea groups is 1. The molecule has 0 bridgehead atoms. The van der Waals surface area contributed by atoms with Gasteiger partial charge in [-0.25, -0.2) is 4.79 Å². The Balaban J connectivity index is 1.62. The number of hydrogen-bond acceptors (Lipinski definition) is 4. The van der Waals surface area contributed by atoms with E-state index in [0.717, 1.165) is 24.2 Å². The van der Waals surface area contributed by atoms with Crippen LogP contribution in [0.25, 0.3) is 0 Å². The van der Waals surface area contributed by atoms with E-state index in [9.17, 15) is 32.3 Å². The zero-order valence-corrected chi connectivity index (χ0v) is 19.2. The summed E-state index contributed by atoms with van der Waals surface area (Å²) in [5, 5.41) is 5.34. The maximum Gasteiger partial charge on any atom is 0.471 e. The zero-order chi connectivity index (χ0) is 25.1. The van der Waals surface area contributed by atoms with Crippen LogP contribution in [0.4, 0.5) is 23.7 Å². The first kappa shape index (κ1) is 25.5. The first-order valence-corrected chi connectivity index (χ1v) is 11.4. The summed E-state index contributed by atoms with van der Waals surface area (Å²) in [4.78, 5) is 51.1. The van der Waals surface area contributed by atoms with Gasteiger partial charge in [0.25, 0.3) is 5.91 Å². The Bertz CT molecular complexity index is 958. The van der Waals surface area contributed by atoms with Crippen molar-refractivity contribution in [3.8, 4) is 0 Å². The number of imide groups is 1. The van der Waals surface area contributed by atoms with Crippen molar-refractivity contribution in [2.24, 2.45) is 5.92 Å². The lowest BCUT2D eigenvalue weighted by Crippen LogP contribution is -2.49. The number of carbonyl (C=O) groups excluding carboxylic acids is 4. The third kappa shape index (κ3) is 5.51. The van der Waals surface area contributed by atoms with Crippen molar-refractivity contribution in [1.29, 1.82) is 0 Å². The molecule has 8 nitrogen and oxygen atoms in total. The molecule has 2 fully saturated rings. The second kappa shape index (κ2) is 10.0. The normalized spacial score (nSPS) is 22.6. The quantitative estimate of drug-likeness (QED) is 0.582. The van der Waals surface area contributed by atoms with Gasteiger partial charge in [0, 0.05) is 18.8 Å². The third-order valence-electron chi connectivity index (χ3n) is 6.58. The summed E-state index contributed by atoms with van der Waals surface area (Å²) in [7, 11) is 0. The van der Waals surface area contributed by atoms with Gasteiger partial charge in [0.1, 0.15) is 12.1 Å². The molecule has 1 saturated carbocycles. The van der Waals surface area contributed by atoms with Gasteiger partial charge in [-0.1, -0.05) is 25.5 Å². The van der Waals surface area contributed by atoms with E-state index >= 15 is 0 Å². The first-order chi connectivity index (χ1) is 16.0. The van der Waals surface area contributed by atoms with Crippen LogP contribution in [0.3, 0.4) is 0 Å². The number of amides is 5. The molecule has 1 spiro atoms. The maximum absolute atomic E-state index is 13.0. The van der Waals surface area contributed by atoms with Crippen molar-refractivity contribution in [2.45, 2.75) is 64.2 Å². The Kier molecular flexibility index (Phi) is 7.52. The molecule has 11 heteroatoms. The van der Waals surface area contributed by atoms with Crippen LogP contribution in [-0.2, 0) is 20.9 Å². The van der Waals surface area contributed by atoms with Gasteiger partial charge >= 0.3 is 18.1 Å². The Morgan fingerprint density at radius 2 is 1.88 bits per heavy atom. The van der Waals surface area contributed by atoms with E-state index in [4.69, 9.17) is 0 Å². The highest BCUT2D eigenvalue weighted by molar-refractivity contribution is 6.10. The Hall–Kier alpha value is -3.11. The lowest BCUT2D eigenvalue weighted by atomic mass is 9.75. The van der Waals surface area contributed by atoms with E-state index in [1.807, 2.05) is 0 Å². The van der Waals surface area contributed by atoms with Crippen LogP contribution in [-0.4, -0.2) is 58.4 Å². The number of anilines is 1. The third-order valence-corrected chi connectivity index (χ3v) is 6.58. The second-order valence-electron chi connectivity index (χ2n) is 8.82. The highest BCUT2D eigenvalue weighted by atomic mass is 19.4. The Morgan fingerprint density at radius 3 is 2.47 bits per heavy atom. The van der Waals surface area contributed by atoms with Crippen molar-refractivity contribution < 1.29 is 32.3 Å². The largest absolute Gasteiger partial charge is 0.471 e. The van der Waals surface area contributed by atoms with Gasteiger partial charge in [-0.3, -0.25) is 19.3 Å². The topological polar surface area (TPSA) is 98.8 Å². The maximum atomic E-state index is 13.0. The molecule has 1 aliphatic carbocycles. The monoisotopic (exact) mass is 482 g/mol. The lowest BCUT2D eigenvalue weighted by Gasteiger charge is -2.34. The summed E-state index contributed by atoms with van der Waals surface area (Å²) in [6.45, 7) is 2.64. The molecule has 2 N–H and O–H groups in total. The van der Waals surface area contributed by atoms with Gasteiger partial charge in [-0.2, -0.15) is 13.2 Å². The van der Waals surface area contributed by atoms with Crippen molar-refractivity contribution in [3.63, 3.8) is 0 Å². The number of hydrogen-bond donors (Lipinski definition) is 2. The fourth-order valence-electron chi connectivity index (χ4n) is 4.56. The number of rotatable bonds is 7. The molecule has 1 aliphatic heterocycles. The van der Waals surface area contributed by atoms with Crippen LogP contribution in [0.2, 0.25) is 0 Å². The molecule has 0 radical (unpaired) electrons. The smallest absolute Gasteiger partial charge is 0.331 e. The summed E-state index contributed by atoms with van der Waals surface area (Å²) in [6.07, 6.45) is -1.20. The molecule has 3 rings (SSSR count). The highest BCUT2D eigenvalue weighted by Crippen LogP contribution is 2.37. The number of alkyl halides is 3. The number of benzene rings is 1. The van der Waals surface area contributed by atoms with Crippen LogP contribution >= 0.6 is 0 Å². The van der Waals surface area contributed by atoms with E-state index in [2.05, 4.69) is 17.6 Å². The second-order valence-corrected chi connectivity index (χ2v) is 8.82. The number of carbonyl (C=O) groups is 4. The van der Waals surface area contributed by atoms with Crippen molar-refractivity contribution in [3.05, 3.63) is 29.8 Å². The molecule has 0 aromatic heterocycles. The first-order valence-electron chi connectivity index (χ1n) is 11.4. The van der Waals surface area contributed by atoms with Crippen LogP contribution in [0.1, 0.15) is 51.5 Å². The molecule has 0 atom stereocenters. The minimum atomic E-state index is -4.97. The van der Waals surface area contributed by atoms with Gasteiger partial charge in [0.15, 0.2) is 0 Å². The van der Waals surface area contributed by atoms with Crippen molar-refractivity contribution in [2.75, 3.05) is 18.4 Å². The molecule has 1 heterocycles. The van der Waals surface area contributed by atoms with Gasteiger partial charge in [-0.15, -0.1) is 0 Å². The molecule has 0 unspecified atom stereocenters. The molecule has 1 aromatic rings. The summed E-state index contributed by atoms with van der Waals surface area (Å²) in [5.41, 5.74) is -0.278. The van der Waals surface area contributed by atoms with Gasteiger partial charge in [0.05, 0.1) is 0 Å². The molecule has 1 saturated heterocycles. The summed E-state index contributed by atoms with van der Waals surface area (Å²) >= 11 is 0. The fraction of sp³-hybridized carbons (Fsp3) is 0.565. The average molecular weight is 483 g/mol. The van der Waals surface area contributed by atoms with Crippen LogP contribution < -0.4 is 10.6 Å². The van der Waals surface area contributed by atoms with Crippen LogP contribution in [0.5, 0.6) is 0 Å². The van der Waals surface area contributed by atoms with Crippen LogP contribution in [0, 0.1) is 5.92 Å². The van der Waals surface area contributed by atoms with Crippen molar-refractivity contribution in [1.82, 2.24) is 15.1 Å². The fourth-order valence-corrected chi connectivity index (χ4v) is 4.56. The molecular weight excluding hydrogens is 453 g/mol. The minimum absolute atomic E-state index is 0.137. The number of nitrogens with zero attached hydrogens (tertiary/aromatic N) is 2. The van der Waals surface area contributed by atoms with E-state index in [1.165, 1.54) is 31.2 Å². The predicted octanol–water partition coefficient (Wildman–Crippen LogP) is 3.43. The summed E-state index contributed by atoms with van der Waals surface area (Å²) in [5.74, 6) is -2.43. The highest BCUT2D eigenvalue weighted by Gasteiger charge is 2.52. The average Bonchev–Trinajstić information content (AvgIpc) is 3.01. The number of nitrogens with one attached hydrogen (secondary N) is 2. The molecule has 186 valence electrons. The van der Waals surface area contributed by atoms with E-state index in [0.29, 0.717) is 29.2 Å². The number of halogens is 3. The summed E-state index contributed by atoms with van der Waals surface area (Å²) < 4.78 is 38.3. The van der Waals surface area contributed by atoms with Gasteiger partial charge < -0.3 is 15.5 Å². The van der Waals surface area contributed by atoms with Gasteiger partial charge in [0.2, 0.25) is 5.91 Å².